The van der Waals surface area contributed by atoms with Crippen molar-refractivity contribution in [3.63, 3.8) is 0 Å². The quantitative estimate of drug-likeness (QED) is 0.269. The van der Waals surface area contributed by atoms with E-state index in [1.807, 2.05) is 66.9 Å². The summed E-state index contributed by atoms with van der Waals surface area (Å²) in [4.78, 5) is 12.6. The van der Waals surface area contributed by atoms with Crippen LogP contribution in [0.4, 0.5) is 10.5 Å². The Morgan fingerprint density at radius 2 is 1.86 bits per heavy atom. The highest BCUT2D eigenvalue weighted by molar-refractivity contribution is 7.98. The maximum absolute atomic E-state index is 12.6. The van der Waals surface area contributed by atoms with Gasteiger partial charge in [-0.2, -0.15) is 0 Å². The van der Waals surface area contributed by atoms with Crippen LogP contribution in [0.3, 0.4) is 0 Å². The topological polar surface area (TPSA) is 81.1 Å². The second kappa shape index (κ2) is 11.3. The van der Waals surface area contributed by atoms with E-state index in [1.165, 1.54) is 0 Å². The lowest BCUT2D eigenvalue weighted by atomic mass is 10.2. The van der Waals surface area contributed by atoms with Crippen molar-refractivity contribution in [3.05, 3.63) is 94.8 Å². The molecule has 3 aromatic carbocycles. The first-order valence-electron chi connectivity index (χ1n) is 11.0. The van der Waals surface area contributed by atoms with Gasteiger partial charge in [0, 0.05) is 22.2 Å². The molecule has 1 unspecified atom stereocenters. The SMILES string of the molecule is COc1cccc(CSc2nnc(C(C)NC(=O)Nc3cccc(Cl)c3)n2-c2ccc(C)cc2)c1. The Hall–Kier alpha value is -3.49. The number of benzene rings is 3. The van der Waals surface area contributed by atoms with Gasteiger partial charge in [-0.05, 0) is 61.9 Å². The Morgan fingerprint density at radius 3 is 2.60 bits per heavy atom. The van der Waals surface area contributed by atoms with Gasteiger partial charge in [-0.3, -0.25) is 4.57 Å². The molecule has 0 saturated carbocycles. The zero-order valence-electron chi connectivity index (χ0n) is 19.7. The van der Waals surface area contributed by atoms with Gasteiger partial charge < -0.3 is 15.4 Å². The Kier molecular flexibility index (Phi) is 7.94. The molecule has 0 saturated heterocycles. The number of urea groups is 1. The van der Waals surface area contributed by atoms with E-state index in [4.69, 9.17) is 16.3 Å². The lowest BCUT2D eigenvalue weighted by Crippen LogP contribution is -2.32. The van der Waals surface area contributed by atoms with Crippen LogP contribution in [-0.4, -0.2) is 27.9 Å². The van der Waals surface area contributed by atoms with Crippen LogP contribution in [-0.2, 0) is 5.75 Å². The number of aromatic nitrogens is 3. The molecule has 4 rings (SSSR count). The Bertz CT molecular complexity index is 1310. The molecule has 1 atom stereocenters. The van der Waals surface area contributed by atoms with E-state index in [0.717, 1.165) is 27.7 Å². The number of rotatable bonds is 8. The molecule has 0 bridgehead atoms. The maximum atomic E-state index is 12.6. The number of halogens is 1. The summed E-state index contributed by atoms with van der Waals surface area (Å²) in [5, 5.41) is 15.9. The highest BCUT2D eigenvalue weighted by atomic mass is 35.5. The maximum Gasteiger partial charge on any atom is 0.319 e. The molecular formula is C26H26ClN5O2S. The van der Waals surface area contributed by atoms with Crippen molar-refractivity contribution < 1.29 is 9.53 Å². The second-order valence-electron chi connectivity index (χ2n) is 7.98. The lowest BCUT2D eigenvalue weighted by Gasteiger charge is -2.17. The average Bonchev–Trinajstić information content (AvgIpc) is 3.27. The number of carbonyl (C=O) groups excluding carboxylic acids is 1. The third-order valence-corrected chi connectivity index (χ3v) is 6.51. The van der Waals surface area contributed by atoms with Gasteiger partial charge in [-0.1, -0.05) is 59.3 Å². The van der Waals surface area contributed by atoms with Crippen LogP contribution >= 0.6 is 23.4 Å². The van der Waals surface area contributed by atoms with Crippen LogP contribution in [0.25, 0.3) is 5.69 Å². The van der Waals surface area contributed by atoms with E-state index in [0.29, 0.717) is 22.3 Å². The molecule has 1 aromatic heterocycles. The van der Waals surface area contributed by atoms with Gasteiger partial charge in [-0.15, -0.1) is 10.2 Å². The van der Waals surface area contributed by atoms with Crippen molar-refractivity contribution in [1.82, 2.24) is 20.1 Å². The molecule has 0 spiro atoms. The highest BCUT2D eigenvalue weighted by Gasteiger charge is 2.21. The Morgan fingerprint density at radius 1 is 1.09 bits per heavy atom. The predicted octanol–water partition coefficient (Wildman–Crippen LogP) is 6.41. The minimum absolute atomic E-state index is 0.358. The molecule has 7 nitrogen and oxygen atoms in total. The smallest absolute Gasteiger partial charge is 0.319 e. The summed E-state index contributed by atoms with van der Waals surface area (Å²) in [6.45, 7) is 3.92. The van der Waals surface area contributed by atoms with Gasteiger partial charge in [0.25, 0.3) is 0 Å². The predicted molar refractivity (Wildman–Crippen MR) is 141 cm³/mol. The van der Waals surface area contributed by atoms with Gasteiger partial charge >= 0.3 is 6.03 Å². The number of anilines is 1. The third-order valence-electron chi connectivity index (χ3n) is 5.27. The van der Waals surface area contributed by atoms with Crippen LogP contribution in [0.2, 0.25) is 5.02 Å². The molecule has 0 aliphatic carbocycles. The zero-order chi connectivity index (χ0) is 24.8. The first kappa shape index (κ1) is 24.6. The fraction of sp³-hybridized carbons (Fsp3) is 0.192. The van der Waals surface area contributed by atoms with Crippen molar-refractivity contribution in [1.29, 1.82) is 0 Å². The number of amides is 2. The van der Waals surface area contributed by atoms with Crippen LogP contribution in [0.5, 0.6) is 5.75 Å². The van der Waals surface area contributed by atoms with Gasteiger partial charge in [0.2, 0.25) is 0 Å². The van der Waals surface area contributed by atoms with E-state index in [2.05, 4.69) is 20.8 Å². The van der Waals surface area contributed by atoms with Gasteiger partial charge in [-0.25, -0.2) is 4.79 Å². The van der Waals surface area contributed by atoms with Crippen molar-refractivity contribution in [2.45, 2.75) is 30.8 Å². The molecule has 180 valence electrons. The summed E-state index contributed by atoms with van der Waals surface area (Å²) in [5.74, 6) is 2.13. The number of hydrogen-bond acceptors (Lipinski definition) is 5. The van der Waals surface area contributed by atoms with Crippen molar-refractivity contribution in [2.75, 3.05) is 12.4 Å². The molecule has 2 N–H and O–H groups in total. The molecule has 1 heterocycles. The molecule has 9 heteroatoms. The normalized spacial score (nSPS) is 11.7. The summed E-state index contributed by atoms with van der Waals surface area (Å²) < 4.78 is 7.32. The van der Waals surface area contributed by atoms with E-state index in [9.17, 15) is 4.79 Å². The number of thioether (sulfide) groups is 1. The number of aryl methyl sites for hydroxylation is 1. The van der Waals surface area contributed by atoms with Crippen LogP contribution in [0.1, 0.15) is 29.9 Å². The first-order valence-corrected chi connectivity index (χ1v) is 12.4. The fourth-order valence-electron chi connectivity index (χ4n) is 3.50. The number of ether oxygens (including phenoxy) is 1. The standard InChI is InChI=1S/C26H26ClN5O2S/c1-17-10-12-22(13-11-17)32-24(18(2)28-25(33)29-21-8-5-7-20(27)15-21)30-31-26(32)35-16-19-6-4-9-23(14-19)34-3/h4-15,18H,16H2,1-3H3,(H2,28,29,33). The molecule has 0 radical (unpaired) electrons. The summed E-state index contributed by atoms with van der Waals surface area (Å²) in [7, 11) is 1.66. The van der Waals surface area contributed by atoms with Crippen molar-refractivity contribution in [2.24, 2.45) is 0 Å². The largest absolute Gasteiger partial charge is 0.497 e. The summed E-state index contributed by atoms with van der Waals surface area (Å²) in [6.07, 6.45) is 0. The van der Waals surface area contributed by atoms with E-state index >= 15 is 0 Å². The second-order valence-corrected chi connectivity index (χ2v) is 9.36. The summed E-state index contributed by atoms with van der Waals surface area (Å²) >= 11 is 7.59. The van der Waals surface area contributed by atoms with Crippen LogP contribution < -0.4 is 15.4 Å². The van der Waals surface area contributed by atoms with Gasteiger partial charge in [0.05, 0.1) is 13.2 Å². The number of carbonyl (C=O) groups is 1. The summed E-state index contributed by atoms with van der Waals surface area (Å²) in [5.41, 5.74) is 3.80. The van der Waals surface area contributed by atoms with E-state index in [-0.39, 0.29) is 6.03 Å². The van der Waals surface area contributed by atoms with E-state index < -0.39 is 6.04 Å². The monoisotopic (exact) mass is 507 g/mol. The fourth-order valence-corrected chi connectivity index (χ4v) is 4.59. The zero-order valence-corrected chi connectivity index (χ0v) is 21.2. The van der Waals surface area contributed by atoms with Crippen LogP contribution in [0.15, 0.2) is 78.0 Å². The molecule has 0 aliphatic rings. The van der Waals surface area contributed by atoms with Crippen LogP contribution in [0, 0.1) is 6.92 Å². The number of hydrogen-bond donors (Lipinski definition) is 2. The number of nitrogens with one attached hydrogen (secondary N) is 2. The molecule has 0 fully saturated rings. The third kappa shape index (κ3) is 6.35. The molecule has 35 heavy (non-hydrogen) atoms. The highest BCUT2D eigenvalue weighted by Crippen LogP contribution is 2.28. The van der Waals surface area contributed by atoms with Gasteiger partial charge in [0.15, 0.2) is 11.0 Å². The Balaban J connectivity index is 1.56. The summed E-state index contributed by atoms with van der Waals surface area (Å²) in [6, 6.07) is 22.3. The van der Waals surface area contributed by atoms with Crippen molar-refractivity contribution >= 4 is 35.1 Å². The molecule has 2 amide bonds. The number of nitrogens with zero attached hydrogens (tertiary/aromatic N) is 3. The van der Waals surface area contributed by atoms with Gasteiger partial charge in [0.1, 0.15) is 5.75 Å². The minimum Gasteiger partial charge on any atom is -0.497 e. The molecule has 4 aromatic rings. The Labute approximate surface area is 213 Å². The number of methoxy groups -OCH3 is 1. The molecule has 0 aliphatic heterocycles. The van der Waals surface area contributed by atoms with Crippen molar-refractivity contribution in [3.8, 4) is 11.4 Å². The first-order chi connectivity index (χ1) is 16.9. The van der Waals surface area contributed by atoms with E-state index in [1.54, 1.807) is 43.1 Å². The molecular weight excluding hydrogens is 482 g/mol. The lowest BCUT2D eigenvalue weighted by molar-refractivity contribution is 0.249. The minimum atomic E-state index is -0.408. The average molecular weight is 508 g/mol.